The van der Waals surface area contributed by atoms with Gasteiger partial charge in [-0.15, -0.1) is 0 Å². The zero-order chi connectivity index (χ0) is 40.5. The highest BCUT2D eigenvalue weighted by molar-refractivity contribution is 8.76. The standard InChI is InChI=1S/C37H49N11O6S2/c38-36(39)43-15-3-6-27-33(52)47-28(19-23-7-10-24-4-1-2-5-25(24)18-23)34(53)48-29(32(51)42-16-13-22-8-11-26(49)12-9-22)20-55-56-21-30(35(54)46-27)45-31(50)14-17-44-37(40)41/h1-2,4-5,7-12,18,27-30,49H,3,6,13-17,19-21H2,(H,42,51)(H,45,50)(H,46,54)(H,47,52)(H,48,53)(H4,38,39,43)(H4,40,41,44)/t27-,28-,29-,30+/m0/s1. The summed E-state index contributed by atoms with van der Waals surface area (Å²) < 4.78 is 0. The molecule has 0 unspecified atom stereocenters. The lowest BCUT2D eigenvalue weighted by molar-refractivity contribution is -0.134. The second-order valence-corrected chi connectivity index (χ2v) is 15.5. The Morgan fingerprint density at radius 3 is 2.14 bits per heavy atom. The molecule has 17 nitrogen and oxygen atoms in total. The van der Waals surface area contributed by atoms with E-state index < -0.39 is 53.7 Å². The van der Waals surface area contributed by atoms with E-state index in [1.54, 1.807) is 24.3 Å². The Labute approximate surface area is 332 Å². The normalized spacial score (nSPS) is 19.3. The molecule has 0 bridgehead atoms. The van der Waals surface area contributed by atoms with Gasteiger partial charge >= 0.3 is 0 Å². The highest BCUT2D eigenvalue weighted by atomic mass is 33.1. The topological polar surface area (TPSA) is 295 Å². The van der Waals surface area contributed by atoms with Crippen LogP contribution in [0.3, 0.4) is 0 Å². The lowest BCUT2D eigenvalue weighted by Gasteiger charge is -2.27. The number of nitrogens with zero attached hydrogens (tertiary/aromatic N) is 2. The number of fused-ring (bicyclic) bond motifs is 1. The predicted molar refractivity (Wildman–Crippen MR) is 220 cm³/mol. The predicted octanol–water partition coefficient (Wildman–Crippen LogP) is -0.502. The Kier molecular flexibility index (Phi) is 16.9. The number of amides is 5. The Balaban J connectivity index is 1.61. The van der Waals surface area contributed by atoms with Crippen molar-refractivity contribution in [1.29, 1.82) is 0 Å². The molecule has 0 aliphatic carbocycles. The molecule has 0 radical (unpaired) electrons. The van der Waals surface area contributed by atoms with Crippen LogP contribution in [0.5, 0.6) is 5.75 Å². The SMILES string of the molecule is NC(N)=NCCC[C@@H]1NC(=O)[C@H](NC(=O)CCN=C(N)N)CSSC[C@@H](C(=O)NCCc2ccc(O)cc2)NC(=O)[C@H](Cc2ccc3ccccc3c2)NC1=O. The van der Waals surface area contributed by atoms with Gasteiger partial charge in [0.25, 0.3) is 0 Å². The van der Waals surface area contributed by atoms with Gasteiger partial charge in [0.05, 0.1) is 6.54 Å². The maximum absolute atomic E-state index is 14.1. The van der Waals surface area contributed by atoms with E-state index >= 15 is 0 Å². The zero-order valence-electron chi connectivity index (χ0n) is 30.7. The minimum atomic E-state index is -1.15. The molecule has 14 N–H and O–H groups in total. The van der Waals surface area contributed by atoms with Gasteiger partial charge in [-0.2, -0.15) is 0 Å². The summed E-state index contributed by atoms with van der Waals surface area (Å²) in [4.78, 5) is 76.1. The van der Waals surface area contributed by atoms with Gasteiger partial charge in [0, 0.05) is 37.4 Å². The van der Waals surface area contributed by atoms with Gasteiger partial charge in [-0.25, -0.2) is 0 Å². The fraction of sp³-hybridized carbons (Fsp3) is 0.378. The number of phenolic OH excluding ortho intramolecular Hbond substituents is 1. The van der Waals surface area contributed by atoms with Crippen molar-refractivity contribution in [2.75, 3.05) is 31.1 Å². The number of benzene rings is 3. The van der Waals surface area contributed by atoms with E-state index in [1.165, 1.54) is 21.6 Å². The zero-order valence-corrected chi connectivity index (χ0v) is 32.4. The average Bonchev–Trinajstić information content (AvgIpc) is 3.16. The molecule has 300 valence electrons. The van der Waals surface area contributed by atoms with Crippen molar-refractivity contribution in [3.8, 4) is 5.75 Å². The first kappa shape index (κ1) is 43.0. The van der Waals surface area contributed by atoms with Crippen LogP contribution in [0.15, 0.2) is 76.7 Å². The second kappa shape index (κ2) is 22.0. The van der Waals surface area contributed by atoms with Crippen LogP contribution in [0, 0.1) is 0 Å². The van der Waals surface area contributed by atoms with Gasteiger partial charge in [0.15, 0.2) is 11.9 Å². The summed E-state index contributed by atoms with van der Waals surface area (Å²) >= 11 is 0. The maximum atomic E-state index is 14.1. The van der Waals surface area contributed by atoms with Crippen LogP contribution in [0.1, 0.15) is 30.4 Å². The molecule has 0 spiro atoms. The Bertz CT molecular complexity index is 1890. The van der Waals surface area contributed by atoms with E-state index in [-0.39, 0.29) is 68.1 Å². The molecule has 1 aliphatic rings. The first-order valence-electron chi connectivity index (χ1n) is 18.0. The van der Waals surface area contributed by atoms with Crippen molar-refractivity contribution < 1.29 is 29.1 Å². The first-order valence-corrected chi connectivity index (χ1v) is 20.5. The number of hydrogen-bond acceptors (Lipinski definition) is 10. The number of carbonyl (C=O) groups is 5. The van der Waals surface area contributed by atoms with E-state index in [1.807, 2.05) is 42.5 Å². The molecular formula is C37H49N11O6S2. The molecule has 19 heteroatoms. The number of aromatic hydroxyl groups is 1. The first-order chi connectivity index (χ1) is 26.9. The number of guanidine groups is 2. The minimum absolute atomic E-state index is 0.00204. The van der Waals surface area contributed by atoms with E-state index in [2.05, 4.69) is 36.6 Å². The number of hydrogen-bond donors (Lipinski definition) is 10. The van der Waals surface area contributed by atoms with Crippen molar-refractivity contribution in [2.45, 2.75) is 56.3 Å². The van der Waals surface area contributed by atoms with Crippen LogP contribution in [-0.4, -0.2) is 102 Å². The van der Waals surface area contributed by atoms with E-state index in [0.29, 0.717) is 12.8 Å². The molecule has 5 amide bonds. The van der Waals surface area contributed by atoms with Crippen molar-refractivity contribution in [3.05, 3.63) is 77.9 Å². The van der Waals surface area contributed by atoms with Crippen LogP contribution in [0.4, 0.5) is 0 Å². The van der Waals surface area contributed by atoms with Crippen LogP contribution in [0.2, 0.25) is 0 Å². The summed E-state index contributed by atoms with van der Waals surface area (Å²) in [5, 5.41) is 25.5. The fourth-order valence-corrected chi connectivity index (χ4v) is 7.99. The minimum Gasteiger partial charge on any atom is -0.508 e. The van der Waals surface area contributed by atoms with Crippen molar-refractivity contribution in [2.24, 2.45) is 32.9 Å². The van der Waals surface area contributed by atoms with Gasteiger partial charge in [0.1, 0.15) is 29.9 Å². The van der Waals surface area contributed by atoms with Gasteiger partial charge in [-0.3, -0.25) is 34.0 Å². The smallest absolute Gasteiger partial charge is 0.244 e. The van der Waals surface area contributed by atoms with Gasteiger partial charge in [-0.1, -0.05) is 76.2 Å². The molecule has 4 atom stereocenters. The molecule has 1 heterocycles. The van der Waals surface area contributed by atoms with E-state index in [9.17, 15) is 29.1 Å². The van der Waals surface area contributed by atoms with Gasteiger partial charge in [0.2, 0.25) is 29.5 Å². The monoisotopic (exact) mass is 807 g/mol. The van der Waals surface area contributed by atoms with Gasteiger partial charge < -0.3 is 54.6 Å². The molecule has 4 rings (SSSR count). The molecule has 0 saturated carbocycles. The number of nitrogens with one attached hydrogen (secondary N) is 5. The largest absolute Gasteiger partial charge is 0.508 e. The van der Waals surface area contributed by atoms with Crippen molar-refractivity contribution in [1.82, 2.24) is 26.6 Å². The Hall–Kier alpha value is -5.69. The number of aliphatic imine (C=N–C) groups is 2. The lowest BCUT2D eigenvalue weighted by atomic mass is 10.00. The van der Waals surface area contributed by atoms with E-state index in [4.69, 9.17) is 22.9 Å². The highest BCUT2D eigenvalue weighted by Crippen LogP contribution is 2.24. The van der Waals surface area contributed by atoms with Crippen LogP contribution in [0.25, 0.3) is 10.8 Å². The summed E-state index contributed by atoms with van der Waals surface area (Å²) in [6.45, 7) is 0.423. The van der Waals surface area contributed by atoms with Crippen molar-refractivity contribution >= 4 is 73.8 Å². The van der Waals surface area contributed by atoms with Crippen molar-refractivity contribution in [3.63, 3.8) is 0 Å². The summed E-state index contributed by atoms with van der Waals surface area (Å²) in [6, 6.07) is 15.6. The number of rotatable bonds is 14. The Morgan fingerprint density at radius 2 is 1.41 bits per heavy atom. The average molecular weight is 808 g/mol. The van der Waals surface area contributed by atoms with Crippen LogP contribution < -0.4 is 49.5 Å². The summed E-state index contributed by atoms with van der Waals surface area (Å²) in [7, 11) is 2.44. The molecule has 3 aromatic carbocycles. The third-order valence-electron chi connectivity index (χ3n) is 8.58. The third-order valence-corrected chi connectivity index (χ3v) is 11.0. The maximum Gasteiger partial charge on any atom is 0.244 e. The molecular weight excluding hydrogens is 759 g/mol. The van der Waals surface area contributed by atoms with E-state index in [0.717, 1.165) is 21.9 Å². The summed E-state index contributed by atoms with van der Waals surface area (Å²) in [6.07, 6.45) is 0.834. The Morgan fingerprint density at radius 1 is 0.768 bits per heavy atom. The molecule has 0 aromatic heterocycles. The summed E-state index contributed by atoms with van der Waals surface area (Å²) in [5.41, 5.74) is 23.4. The third kappa shape index (κ3) is 14.5. The highest BCUT2D eigenvalue weighted by Gasteiger charge is 2.32. The number of carbonyl (C=O) groups excluding carboxylic acids is 5. The van der Waals surface area contributed by atoms with Gasteiger partial charge in [-0.05, 0) is 53.3 Å². The number of nitrogens with two attached hydrogens (primary N) is 4. The quantitative estimate of drug-likeness (QED) is 0.0427. The molecule has 1 aliphatic heterocycles. The molecule has 1 saturated heterocycles. The molecule has 3 aromatic rings. The van der Waals surface area contributed by atoms with Crippen LogP contribution in [-0.2, 0) is 36.8 Å². The second-order valence-electron chi connectivity index (χ2n) is 13.0. The summed E-state index contributed by atoms with van der Waals surface area (Å²) in [5.74, 6) is -2.86. The lowest BCUT2D eigenvalue weighted by Crippen LogP contribution is -2.59. The molecule has 56 heavy (non-hydrogen) atoms. The molecule has 1 fully saturated rings. The van der Waals surface area contributed by atoms with Crippen LogP contribution >= 0.6 is 21.6 Å². The fourth-order valence-electron chi connectivity index (χ4n) is 5.67. The number of phenols is 1.